The van der Waals surface area contributed by atoms with Gasteiger partial charge in [-0.3, -0.25) is 13.2 Å². The third-order valence-electron chi connectivity index (χ3n) is 1.61. The topological polar surface area (TPSA) is 57.5 Å². The first-order valence-corrected chi connectivity index (χ1v) is 3.13. The van der Waals surface area contributed by atoms with Gasteiger partial charge in [0, 0.05) is 0 Å². The van der Waals surface area contributed by atoms with Gasteiger partial charge in [0.05, 0.1) is 5.41 Å². The van der Waals surface area contributed by atoms with E-state index in [1.165, 1.54) is 0 Å². The molecule has 2 N–H and O–H groups in total. The normalized spacial score (nSPS) is 14.3. The Morgan fingerprint density at radius 1 is 1.25 bits per heavy atom. The molecule has 0 spiro atoms. The second-order valence-corrected chi connectivity index (χ2v) is 2.50. The van der Waals surface area contributed by atoms with Gasteiger partial charge < -0.3 is 10.2 Å². The molecule has 1 unspecified atom stereocenters. The van der Waals surface area contributed by atoms with Gasteiger partial charge in [-0.1, -0.05) is 0 Å². The second kappa shape index (κ2) is 4.30. The van der Waals surface area contributed by atoms with Crippen LogP contribution in [0.4, 0.5) is 13.2 Å². The van der Waals surface area contributed by atoms with Crippen molar-refractivity contribution in [2.24, 2.45) is 5.41 Å². The van der Waals surface area contributed by atoms with Gasteiger partial charge >= 0.3 is 5.97 Å². The fraction of sp³-hybridized carbons (Fsp3) is 0.833. The second-order valence-electron chi connectivity index (χ2n) is 2.50. The highest BCUT2D eigenvalue weighted by molar-refractivity contribution is 5.73. The van der Waals surface area contributed by atoms with Crippen molar-refractivity contribution < 1.29 is 28.2 Å². The largest absolute Gasteiger partial charge is 0.479 e. The Kier molecular flexibility index (Phi) is 4.02. The van der Waals surface area contributed by atoms with Gasteiger partial charge in [-0.25, -0.2) is 4.79 Å². The Labute approximate surface area is 66.8 Å². The van der Waals surface area contributed by atoms with E-state index in [0.29, 0.717) is 0 Å². The molecular formula is C6H9F3O3. The number of aliphatic hydroxyl groups excluding tert-OH is 1. The molecule has 12 heavy (non-hydrogen) atoms. The van der Waals surface area contributed by atoms with Gasteiger partial charge in [0.1, 0.15) is 20.0 Å². The molecule has 0 bridgehead atoms. The van der Waals surface area contributed by atoms with E-state index in [2.05, 4.69) is 0 Å². The molecule has 0 aromatic carbocycles. The van der Waals surface area contributed by atoms with Crippen molar-refractivity contribution in [1.82, 2.24) is 0 Å². The maximum atomic E-state index is 12.0. The Balaban J connectivity index is 4.58. The van der Waals surface area contributed by atoms with Gasteiger partial charge in [-0.05, 0) is 0 Å². The zero-order valence-corrected chi connectivity index (χ0v) is 6.14. The molecule has 72 valence electrons. The highest BCUT2D eigenvalue weighted by Gasteiger charge is 2.43. The van der Waals surface area contributed by atoms with Crippen LogP contribution in [0.5, 0.6) is 0 Å². The molecule has 0 amide bonds. The molecule has 0 saturated carbocycles. The van der Waals surface area contributed by atoms with Crippen molar-refractivity contribution in [2.45, 2.75) is 6.10 Å². The SMILES string of the molecule is O=C(O)C(O)C(CF)(CF)CF. The van der Waals surface area contributed by atoms with Gasteiger partial charge in [0.25, 0.3) is 0 Å². The Morgan fingerprint density at radius 3 is 1.67 bits per heavy atom. The van der Waals surface area contributed by atoms with Gasteiger partial charge in [0.2, 0.25) is 0 Å². The van der Waals surface area contributed by atoms with Crippen molar-refractivity contribution in [2.75, 3.05) is 20.0 Å². The first-order chi connectivity index (χ1) is 5.54. The summed E-state index contributed by atoms with van der Waals surface area (Å²) < 4.78 is 36.1. The molecule has 0 aromatic rings. The van der Waals surface area contributed by atoms with Crippen LogP contribution in [0.2, 0.25) is 0 Å². The minimum atomic E-state index is -2.44. The Hall–Kier alpha value is -0.780. The Morgan fingerprint density at radius 2 is 1.58 bits per heavy atom. The molecule has 0 aliphatic rings. The van der Waals surface area contributed by atoms with Gasteiger partial charge in [0.15, 0.2) is 6.10 Å². The standard InChI is InChI=1S/C6H9F3O3/c7-1-6(2-8,3-9)4(10)5(11)12/h4,10H,1-3H2,(H,11,12). The molecule has 0 aromatic heterocycles. The van der Waals surface area contributed by atoms with Crippen molar-refractivity contribution in [3.8, 4) is 0 Å². The molecule has 0 radical (unpaired) electrons. The monoisotopic (exact) mass is 186 g/mol. The van der Waals surface area contributed by atoms with E-state index >= 15 is 0 Å². The summed E-state index contributed by atoms with van der Waals surface area (Å²) in [6, 6.07) is 0. The van der Waals surface area contributed by atoms with Crippen molar-refractivity contribution in [3.05, 3.63) is 0 Å². The first kappa shape index (κ1) is 11.2. The first-order valence-electron chi connectivity index (χ1n) is 3.13. The number of hydrogen-bond acceptors (Lipinski definition) is 2. The van der Waals surface area contributed by atoms with E-state index in [-0.39, 0.29) is 0 Å². The number of alkyl halides is 3. The predicted molar refractivity (Wildman–Crippen MR) is 34.0 cm³/mol. The zero-order valence-electron chi connectivity index (χ0n) is 6.14. The molecule has 6 heteroatoms. The molecule has 0 aliphatic carbocycles. The van der Waals surface area contributed by atoms with Crippen molar-refractivity contribution in [1.29, 1.82) is 0 Å². The maximum absolute atomic E-state index is 12.0. The predicted octanol–water partition coefficient (Wildman–Crippen LogP) is 0.327. The highest BCUT2D eigenvalue weighted by Crippen LogP contribution is 2.25. The summed E-state index contributed by atoms with van der Waals surface area (Å²) in [4.78, 5) is 10.1. The summed E-state index contributed by atoms with van der Waals surface area (Å²) in [5.41, 5.74) is -2.44. The number of halogens is 3. The van der Waals surface area contributed by atoms with E-state index in [1.807, 2.05) is 0 Å². The summed E-state index contributed by atoms with van der Waals surface area (Å²) in [6.45, 7) is -4.64. The number of carbonyl (C=O) groups is 1. The fourth-order valence-electron chi connectivity index (χ4n) is 0.588. The van der Waals surface area contributed by atoms with Crippen LogP contribution >= 0.6 is 0 Å². The van der Waals surface area contributed by atoms with E-state index in [4.69, 9.17) is 10.2 Å². The number of aliphatic carboxylic acids is 1. The third kappa shape index (κ3) is 1.88. The minimum absolute atomic E-state index is 1.55. The van der Waals surface area contributed by atoms with Crippen LogP contribution in [0, 0.1) is 5.41 Å². The number of hydrogen-bond donors (Lipinski definition) is 2. The quantitative estimate of drug-likeness (QED) is 0.650. The minimum Gasteiger partial charge on any atom is -0.479 e. The lowest BCUT2D eigenvalue weighted by Gasteiger charge is -2.26. The molecule has 1 atom stereocenters. The smallest absolute Gasteiger partial charge is 0.333 e. The molecule has 0 aliphatic heterocycles. The average Bonchev–Trinajstić information content (AvgIpc) is 2.08. The van der Waals surface area contributed by atoms with Crippen molar-refractivity contribution >= 4 is 5.97 Å². The average molecular weight is 186 g/mol. The highest BCUT2D eigenvalue weighted by atomic mass is 19.1. The summed E-state index contributed by atoms with van der Waals surface area (Å²) >= 11 is 0. The number of aliphatic hydroxyl groups is 1. The van der Waals surface area contributed by atoms with Crippen LogP contribution in [0.15, 0.2) is 0 Å². The summed E-state index contributed by atoms with van der Waals surface area (Å²) in [5.74, 6) is -1.83. The summed E-state index contributed by atoms with van der Waals surface area (Å²) in [5, 5.41) is 16.9. The van der Waals surface area contributed by atoms with Crippen LogP contribution in [-0.2, 0) is 4.79 Å². The van der Waals surface area contributed by atoms with Gasteiger partial charge in [-0.15, -0.1) is 0 Å². The molecule has 3 nitrogen and oxygen atoms in total. The number of carboxylic acid groups (broad SMARTS) is 1. The van der Waals surface area contributed by atoms with Crippen molar-refractivity contribution in [3.63, 3.8) is 0 Å². The fourth-order valence-corrected chi connectivity index (χ4v) is 0.588. The number of rotatable bonds is 5. The van der Waals surface area contributed by atoms with E-state index in [0.717, 1.165) is 0 Å². The van der Waals surface area contributed by atoms with Crippen LogP contribution in [0.25, 0.3) is 0 Å². The van der Waals surface area contributed by atoms with E-state index in [1.54, 1.807) is 0 Å². The molecule has 0 saturated heterocycles. The molecular weight excluding hydrogens is 177 g/mol. The van der Waals surface area contributed by atoms with Crippen LogP contribution < -0.4 is 0 Å². The van der Waals surface area contributed by atoms with E-state index in [9.17, 15) is 18.0 Å². The van der Waals surface area contributed by atoms with Crippen LogP contribution in [0.3, 0.4) is 0 Å². The maximum Gasteiger partial charge on any atom is 0.333 e. The lowest BCUT2D eigenvalue weighted by Crippen LogP contribution is -2.46. The summed E-state index contributed by atoms with van der Waals surface area (Å²) in [6.07, 6.45) is -2.35. The van der Waals surface area contributed by atoms with Crippen LogP contribution in [0.1, 0.15) is 0 Å². The lowest BCUT2D eigenvalue weighted by atomic mass is 9.86. The zero-order chi connectivity index (χ0) is 9.78. The molecule has 0 rings (SSSR count). The summed E-state index contributed by atoms with van der Waals surface area (Å²) in [7, 11) is 0. The molecule has 0 heterocycles. The Bertz CT molecular complexity index is 150. The number of carboxylic acids is 1. The molecule has 0 fully saturated rings. The van der Waals surface area contributed by atoms with Crippen LogP contribution in [-0.4, -0.2) is 42.3 Å². The lowest BCUT2D eigenvalue weighted by molar-refractivity contribution is -0.158. The van der Waals surface area contributed by atoms with Gasteiger partial charge in [-0.2, -0.15) is 0 Å². The third-order valence-corrected chi connectivity index (χ3v) is 1.61. The van der Waals surface area contributed by atoms with E-state index < -0.39 is 37.5 Å².